The summed E-state index contributed by atoms with van der Waals surface area (Å²) in [6.45, 7) is 4.61. The standard InChI is InChI=1S/C15H17NO3S/c1-11-3-5-14(6-4-11)20(18,19)16-9-12-7-13(17)8-15(12,2)10-16/h3-7H,8-10H2,1-2H3. The van der Waals surface area contributed by atoms with Crippen LogP contribution in [0, 0.1) is 12.3 Å². The van der Waals surface area contributed by atoms with Crippen molar-refractivity contribution in [1.29, 1.82) is 0 Å². The Bertz CT molecular complexity index is 703. The van der Waals surface area contributed by atoms with Crippen LogP contribution in [0.3, 0.4) is 0 Å². The van der Waals surface area contributed by atoms with Gasteiger partial charge < -0.3 is 0 Å². The van der Waals surface area contributed by atoms with Gasteiger partial charge in [0.1, 0.15) is 0 Å². The summed E-state index contributed by atoms with van der Waals surface area (Å²) in [5.41, 5.74) is 1.66. The number of hydrogen-bond acceptors (Lipinski definition) is 3. The Labute approximate surface area is 119 Å². The maximum atomic E-state index is 12.6. The van der Waals surface area contributed by atoms with E-state index in [9.17, 15) is 13.2 Å². The number of aryl methyl sites for hydroxylation is 1. The molecule has 0 aromatic heterocycles. The third-order valence-corrected chi connectivity index (χ3v) is 6.01. The van der Waals surface area contributed by atoms with E-state index in [0.717, 1.165) is 11.1 Å². The second-order valence-corrected chi connectivity index (χ2v) is 7.90. The number of rotatable bonds is 2. The molecule has 0 amide bonds. The van der Waals surface area contributed by atoms with Crippen molar-refractivity contribution >= 4 is 15.8 Å². The SMILES string of the molecule is Cc1ccc(S(=O)(=O)N2CC3=CC(=O)CC3(C)C2)cc1. The van der Waals surface area contributed by atoms with Gasteiger partial charge in [-0.3, -0.25) is 4.79 Å². The first-order valence-electron chi connectivity index (χ1n) is 6.62. The third-order valence-electron chi connectivity index (χ3n) is 4.21. The van der Waals surface area contributed by atoms with E-state index in [-0.39, 0.29) is 11.2 Å². The molecule has 106 valence electrons. The van der Waals surface area contributed by atoms with Crippen molar-refractivity contribution in [1.82, 2.24) is 4.31 Å². The van der Waals surface area contributed by atoms with Crippen LogP contribution < -0.4 is 0 Å². The minimum Gasteiger partial charge on any atom is -0.295 e. The fraction of sp³-hybridized carbons (Fsp3) is 0.400. The van der Waals surface area contributed by atoms with E-state index in [1.54, 1.807) is 30.3 Å². The molecule has 1 fully saturated rings. The molecule has 0 spiro atoms. The highest BCUT2D eigenvalue weighted by molar-refractivity contribution is 7.89. The normalized spacial score (nSPS) is 26.7. The van der Waals surface area contributed by atoms with Crippen LogP contribution in [0.4, 0.5) is 0 Å². The lowest BCUT2D eigenvalue weighted by atomic mass is 9.86. The van der Waals surface area contributed by atoms with Crippen LogP contribution >= 0.6 is 0 Å². The molecule has 1 aromatic rings. The molecule has 1 aliphatic heterocycles. The molecule has 3 rings (SSSR count). The lowest BCUT2D eigenvalue weighted by molar-refractivity contribution is -0.115. The number of fused-ring (bicyclic) bond motifs is 1. The average molecular weight is 291 g/mol. The van der Waals surface area contributed by atoms with Crippen LogP contribution in [-0.2, 0) is 14.8 Å². The predicted molar refractivity (Wildman–Crippen MR) is 75.8 cm³/mol. The highest BCUT2D eigenvalue weighted by atomic mass is 32.2. The molecule has 5 heteroatoms. The molecule has 2 aliphatic rings. The first kappa shape index (κ1) is 13.5. The molecule has 0 bridgehead atoms. The molecule has 4 nitrogen and oxygen atoms in total. The van der Waals surface area contributed by atoms with Gasteiger partial charge >= 0.3 is 0 Å². The van der Waals surface area contributed by atoms with Gasteiger partial charge in [0.2, 0.25) is 10.0 Å². The molecule has 20 heavy (non-hydrogen) atoms. The maximum Gasteiger partial charge on any atom is 0.243 e. The summed E-state index contributed by atoms with van der Waals surface area (Å²) >= 11 is 0. The summed E-state index contributed by atoms with van der Waals surface area (Å²) in [6.07, 6.45) is 2.03. The van der Waals surface area contributed by atoms with Crippen molar-refractivity contribution in [2.45, 2.75) is 25.2 Å². The summed E-state index contributed by atoms with van der Waals surface area (Å²) in [6, 6.07) is 6.88. The Morgan fingerprint density at radius 1 is 1.20 bits per heavy atom. The largest absolute Gasteiger partial charge is 0.295 e. The van der Waals surface area contributed by atoms with Crippen LogP contribution in [0.5, 0.6) is 0 Å². The highest BCUT2D eigenvalue weighted by Gasteiger charge is 2.47. The number of carbonyl (C=O) groups excluding carboxylic acids is 1. The number of allylic oxidation sites excluding steroid dienone is 1. The van der Waals surface area contributed by atoms with E-state index in [4.69, 9.17) is 0 Å². The Morgan fingerprint density at radius 2 is 1.85 bits per heavy atom. The molecule has 0 radical (unpaired) electrons. The van der Waals surface area contributed by atoms with Crippen LogP contribution in [0.25, 0.3) is 0 Å². The monoisotopic (exact) mass is 291 g/mol. The first-order valence-corrected chi connectivity index (χ1v) is 8.06. The zero-order valence-corrected chi connectivity index (χ0v) is 12.4. The van der Waals surface area contributed by atoms with Crippen LogP contribution in [0.2, 0.25) is 0 Å². The minimum atomic E-state index is -3.47. The van der Waals surface area contributed by atoms with Crippen LogP contribution in [-0.4, -0.2) is 31.6 Å². The number of carbonyl (C=O) groups is 1. The summed E-state index contributed by atoms with van der Waals surface area (Å²) in [4.78, 5) is 11.8. The van der Waals surface area contributed by atoms with Gasteiger partial charge in [0.25, 0.3) is 0 Å². The zero-order valence-electron chi connectivity index (χ0n) is 11.6. The second-order valence-electron chi connectivity index (χ2n) is 5.96. The fourth-order valence-electron chi connectivity index (χ4n) is 2.98. The number of benzene rings is 1. The van der Waals surface area contributed by atoms with Crippen molar-refractivity contribution in [3.8, 4) is 0 Å². The maximum absolute atomic E-state index is 12.6. The Balaban J connectivity index is 1.93. The van der Waals surface area contributed by atoms with E-state index in [1.165, 1.54) is 4.31 Å². The summed E-state index contributed by atoms with van der Waals surface area (Å²) < 4.78 is 26.7. The molecule has 1 unspecified atom stereocenters. The summed E-state index contributed by atoms with van der Waals surface area (Å²) in [7, 11) is -3.47. The Morgan fingerprint density at radius 3 is 2.45 bits per heavy atom. The van der Waals surface area contributed by atoms with Gasteiger partial charge in [-0.05, 0) is 30.7 Å². The highest BCUT2D eigenvalue weighted by Crippen LogP contribution is 2.44. The van der Waals surface area contributed by atoms with Crippen molar-refractivity contribution < 1.29 is 13.2 Å². The van der Waals surface area contributed by atoms with Gasteiger partial charge in [-0.25, -0.2) is 8.42 Å². The second kappa shape index (κ2) is 4.27. The molecule has 1 saturated heterocycles. The lowest BCUT2D eigenvalue weighted by Gasteiger charge is -2.21. The number of sulfonamides is 1. The smallest absolute Gasteiger partial charge is 0.243 e. The molecule has 0 N–H and O–H groups in total. The predicted octanol–water partition coefficient (Wildman–Crippen LogP) is 1.90. The van der Waals surface area contributed by atoms with Gasteiger partial charge in [0, 0.05) is 24.9 Å². The van der Waals surface area contributed by atoms with Gasteiger partial charge in [-0.15, -0.1) is 0 Å². The number of hydrogen-bond donors (Lipinski definition) is 0. The molecule has 1 aromatic carbocycles. The van der Waals surface area contributed by atoms with Crippen molar-refractivity contribution in [2.24, 2.45) is 5.41 Å². The quantitative estimate of drug-likeness (QED) is 0.836. The average Bonchev–Trinajstić information content (AvgIpc) is 2.80. The number of ketones is 1. The van der Waals surface area contributed by atoms with E-state index in [1.807, 2.05) is 13.8 Å². The first-order chi connectivity index (χ1) is 9.31. The summed E-state index contributed by atoms with van der Waals surface area (Å²) in [5, 5.41) is 0. The van der Waals surface area contributed by atoms with Crippen LogP contribution in [0.1, 0.15) is 18.9 Å². The van der Waals surface area contributed by atoms with Gasteiger partial charge in [0.15, 0.2) is 5.78 Å². The van der Waals surface area contributed by atoms with Crippen molar-refractivity contribution in [3.05, 3.63) is 41.5 Å². The topological polar surface area (TPSA) is 54.5 Å². The fourth-order valence-corrected chi connectivity index (χ4v) is 4.52. The summed E-state index contributed by atoms with van der Waals surface area (Å²) in [5.74, 6) is 0.106. The van der Waals surface area contributed by atoms with Gasteiger partial charge in [0.05, 0.1) is 4.90 Å². The molecular formula is C15H17NO3S. The Hall–Kier alpha value is -1.46. The molecule has 1 heterocycles. The van der Waals surface area contributed by atoms with Gasteiger partial charge in [-0.2, -0.15) is 4.31 Å². The van der Waals surface area contributed by atoms with Crippen LogP contribution in [0.15, 0.2) is 40.8 Å². The molecule has 0 saturated carbocycles. The Kier molecular flexibility index (Phi) is 2.88. The minimum absolute atomic E-state index is 0.106. The van der Waals surface area contributed by atoms with E-state index in [0.29, 0.717) is 24.4 Å². The molecular weight excluding hydrogens is 274 g/mol. The lowest BCUT2D eigenvalue weighted by Crippen LogP contribution is -2.31. The van der Waals surface area contributed by atoms with E-state index < -0.39 is 10.0 Å². The van der Waals surface area contributed by atoms with Crippen molar-refractivity contribution in [3.63, 3.8) is 0 Å². The zero-order chi connectivity index (χ0) is 14.5. The number of nitrogens with zero attached hydrogens (tertiary/aromatic N) is 1. The van der Waals surface area contributed by atoms with Gasteiger partial charge in [-0.1, -0.05) is 24.6 Å². The van der Waals surface area contributed by atoms with E-state index in [2.05, 4.69) is 0 Å². The third kappa shape index (κ3) is 2.01. The molecule has 1 atom stereocenters. The van der Waals surface area contributed by atoms with Crippen molar-refractivity contribution in [2.75, 3.05) is 13.1 Å². The molecule has 1 aliphatic carbocycles. The van der Waals surface area contributed by atoms with E-state index >= 15 is 0 Å².